The number of ether oxygens (including phenoxy) is 5. The van der Waals surface area contributed by atoms with Gasteiger partial charge in [-0.2, -0.15) is 0 Å². The number of hydrogen-bond acceptors (Lipinski definition) is 9. The predicted octanol–water partition coefficient (Wildman–Crippen LogP) is 14.5. The molecule has 5 rings (SSSR count). The first-order valence-electron chi connectivity index (χ1n) is 23.4. The minimum absolute atomic E-state index is 0.299. The first kappa shape index (κ1) is 48.8. The predicted molar refractivity (Wildman–Crippen MR) is 255 cm³/mol. The molecule has 64 heavy (non-hydrogen) atoms. The van der Waals surface area contributed by atoms with Crippen LogP contribution in [0, 0.1) is 0 Å². The van der Waals surface area contributed by atoms with Gasteiger partial charge >= 0.3 is 17.9 Å². The molecule has 0 unspecified atom stereocenters. The van der Waals surface area contributed by atoms with Crippen molar-refractivity contribution in [2.45, 2.75) is 123 Å². The van der Waals surface area contributed by atoms with Crippen molar-refractivity contribution in [3.8, 4) is 28.7 Å². The molecular formula is C55H65NO8. The van der Waals surface area contributed by atoms with Crippen LogP contribution in [0.3, 0.4) is 0 Å². The number of esters is 3. The maximum atomic E-state index is 13.0. The highest BCUT2D eigenvalue weighted by Gasteiger charge is 2.13. The number of carbonyl (C=O) groups is 3. The fourth-order valence-corrected chi connectivity index (χ4v) is 6.97. The van der Waals surface area contributed by atoms with E-state index in [0.29, 0.717) is 58.4 Å². The average Bonchev–Trinajstić information content (AvgIpc) is 3.32. The molecule has 0 aliphatic heterocycles. The van der Waals surface area contributed by atoms with Crippen LogP contribution in [0.25, 0.3) is 0 Å². The van der Waals surface area contributed by atoms with Crippen LogP contribution in [0.15, 0.2) is 126 Å². The monoisotopic (exact) mass is 867 g/mol. The Morgan fingerprint density at radius 2 is 0.766 bits per heavy atom. The van der Waals surface area contributed by atoms with Crippen LogP contribution in [0.4, 0.5) is 5.69 Å². The van der Waals surface area contributed by atoms with Crippen LogP contribution in [-0.2, 0) is 0 Å². The molecule has 0 aliphatic carbocycles. The van der Waals surface area contributed by atoms with Crippen LogP contribution < -0.4 is 23.7 Å². The Morgan fingerprint density at radius 3 is 1.19 bits per heavy atom. The van der Waals surface area contributed by atoms with E-state index in [9.17, 15) is 14.4 Å². The Kier molecular flexibility index (Phi) is 21.7. The molecule has 0 fully saturated rings. The van der Waals surface area contributed by atoms with Gasteiger partial charge in [0.05, 0.1) is 35.6 Å². The Labute approximate surface area is 380 Å². The van der Waals surface area contributed by atoms with Crippen LogP contribution in [-0.4, -0.2) is 37.3 Å². The summed E-state index contributed by atoms with van der Waals surface area (Å²) in [5.41, 5.74) is 2.50. The summed E-state index contributed by atoms with van der Waals surface area (Å²) in [6, 6.07) is 34.0. The second-order valence-corrected chi connectivity index (χ2v) is 16.1. The lowest BCUT2D eigenvalue weighted by Gasteiger charge is -2.09. The van der Waals surface area contributed by atoms with E-state index in [1.54, 1.807) is 121 Å². The van der Waals surface area contributed by atoms with Crippen molar-refractivity contribution in [1.29, 1.82) is 0 Å². The second-order valence-electron chi connectivity index (χ2n) is 16.1. The lowest BCUT2D eigenvalue weighted by Crippen LogP contribution is -2.10. The quantitative estimate of drug-likeness (QED) is 0.0202. The Balaban J connectivity index is 0.992. The minimum Gasteiger partial charge on any atom is -0.494 e. The highest BCUT2D eigenvalue weighted by molar-refractivity contribution is 5.94. The average molecular weight is 868 g/mol. The molecule has 0 saturated heterocycles. The number of carbonyl (C=O) groups excluding carboxylic acids is 3. The number of nitrogens with zero attached hydrogens (tertiary/aromatic N) is 1. The van der Waals surface area contributed by atoms with Crippen molar-refractivity contribution in [1.82, 2.24) is 0 Å². The highest BCUT2D eigenvalue weighted by Crippen LogP contribution is 2.23. The van der Waals surface area contributed by atoms with Gasteiger partial charge in [0.1, 0.15) is 28.7 Å². The van der Waals surface area contributed by atoms with Gasteiger partial charge in [0.25, 0.3) is 0 Å². The van der Waals surface area contributed by atoms with E-state index in [-0.39, 0.29) is 0 Å². The fraction of sp³-hybridized carbons (Fsp3) is 0.382. The summed E-state index contributed by atoms with van der Waals surface area (Å²) in [5, 5.41) is 0. The van der Waals surface area contributed by atoms with Crippen molar-refractivity contribution in [3.05, 3.63) is 144 Å². The van der Waals surface area contributed by atoms with Crippen molar-refractivity contribution in [3.63, 3.8) is 0 Å². The molecule has 0 N–H and O–H groups in total. The molecule has 0 radical (unpaired) electrons. The van der Waals surface area contributed by atoms with Gasteiger partial charge in [0.15, 0.2) is 0 Å². The summed E-state index contributed by atoms with van der Waals surface area (Å²) in [4.78, 5) is 43.1. The summed E-state index contributed by atoms with van der Waals surface area (Å²) in [6.45, 7) is 5.79. The maximum absolute atomic E-state index is 13.0. The molecule has 0 bridgehead atoms. The van der Waals surface area contributed by atoms with Gasteiger partial charge < -0.3 is 23.7 Å². The van der Waals surface area contributed by atoms with Crippen molar-refractivity contribution >= 4 is 29.8 Å². The van der Waals surface area contributed by atoms with Gasteiger partial charge in [-0.1, -0.05) is 122 Å². The first-order valence-corrected chi connectivity index (χ1v) is 23.4. The molecule has 338 valence electrons. The van der Waals surface area contributed by atoms with Gasteiger partial charge in [-0.3, -0.25) is 4.99 Å². The van der Waals surface area contributed by atoms with E-state index >= 15 is 0 Å². The van der Waals surface area contributed by atoms with Crippen molar-refractivity contribution in [2.75, 3.05) is 13.2 Å². The summed E-state index contributed by atoms with van der Waals surface area (Å²) < 4.78 is 28.4. The van der Waals surface area contributed by atoms with Crippen molar-refractivity contribution < 1.29 is 38.1 Å². The zero-order chi connectivity index (χ0) is 45.0. The maximum Gasteiger partial charge on any atom is 0.343 e. The van der Waals surface area contributed by atoms with Gasteiger partial charge in [-0.25, -0.2) is 14.4 Å². The van der Waals surface area contributed by atoms with Crippen LogP contribution in [0.5, 0.6) is 28.7 Å². The molecule has 0 amide bonds. The van der Waals surface area contributed by atoms with Crippen LogP contribution in [0.1, 0.15) is 160 Å². The molecule has 0 spiro atoms. The number of aliphatic imine (C=N–C) groups is 1. The fourth-order valence-electron chi connectivity index (χ4n) is 6.97. The molecule has 0 aromatic heterocycles. The molecule has 0 heterocycles. The summed E-state index contributed by atoms with van der Waals surface area (Å²) in [5.74, 6) is 0.956. The van der Waals surface area contributed by atoms with E-state index in [1.807, 2.05) is 6.07 Å². The largest absolute Gasteiger partial charge is 0.494 e. The van der Waals surface area contributed by atoms with Gasteiger partial charge in [0.2, 0.25) is 0 Å². The van der Waals surface area contributed by atoms with E-state index in [4.69, 9.17) is 23.7 Å². The Morgan fingerprint density at radius 1 is 0.406 bits per heavy atom. The topological polar surface area (TPSA) is 110 Å². The number of rotatable bonds is 29. The minimum atomic E-state index is -0.549. The summed E-state index contributed by atoms with van der Waals surface area (Å²) >= 11 is 0. The molecule has 0 aliphatic rings. The third-order valence-corrected chi connectivity index (χ3v) is 10.7. The second kappa shape index (κ2) is 28.5. The summed E-state index contributed by atoms with van der Waals surface area (Å²) in [7, 11) is 0. The van der Waals surface area contributed by atoms with E-state index in [2.05, 4.69) is 18.8 Å². The zero-order valence-electron chi connectivity index (χ0n) is 37.8. The third-order valence-electron chi connectivity index (χ3n) is 10.7. The Hall–Kier alpha value is -6.22. The molecule has 5 aromatic rings. The Bertz CT molecular complexity index is 2150. The number of benzene rings is 5. The van der Waals surface area contributed by atoms with Crippen LogP contribution >= 0.6 is 0 Å². The smallest absolute Gasteiger partial charge is 0.343 e. The first-order chi connectivity index (χ1) is 31.4. The zero-order valence-corrected chi connectivity index (χ0v) is 37.8. The molecule has 0 saturated carbocycles. The SMILES string of the molecule is CCCCCCCCCCCCOc1ccc(C(=O)Oc2ccc(N=Cc3cccc(C(=O)Oc4ccc(OC(=O)c5ccc(OCCCCCCCCC)cc5)cc4)c3)cc2)cc1. The van der Waals surface area contributed by atoms with E-state index < -0.39 is 17.9 Å². The highest BCUT2D eigenvalue weighted by atomic mass is 16.5. The van der Waals surface area contributed by atoms with Crippen LogP contribution in [0.2, 0.25) is 0 Å². The van der Waals surface area contributed by atoms with E-state index in [1.165, 1.54) is 89.9 Å². The normalized spacial score (nSPS) is 11.0. The third kappa shape index (κ3) is 18.2. The standard InChI is InChI=1S/C55H65NO8/c1-3-5-7-9-11-12-13-15-17-19-40-61-48-29-23-44(24-30-48)53(57)62-50-33-27-47(28-34-50)56-42-43-21-20-22-46(41-43)55(59)64-52-37-35-51(36-38-52)63-54(58)45-25-31-49(32-26-45)60-39-18-16-14-10-8-6-4-2/h20-38,41-42H,3-19,39-40H2,1-2H3. The lowest BCUT2D eigenvalue weighted by molar-refractivity contribution is 0.0719. The molecule has 0 atom stereocenters. The number of unbranched alkanes of at least 4 members (excludes halogenated alkanes) is 15. The molecule has 9 heteroatoms. The van der Waals surface area contributed by atoms with Gasteiger partial charge in [-0.15, -0.1) is 0 Å². The van der Waals surface area contributed by atoms with Crippen molar-refractivity contribution in [2.24, 2.45) is 4.99 Å². The van der Waals surface area contributed by atoms with Gasteiger partial charge in [-0.05, 0) is 128 Å². The lowest BCUT2D eigenvalue weighted by atomic mass is 10.1. The molecular weight excluding hydrogens is 803 g/mol. The summed E-state index contributed by atoms with van der Waals surface area (Å²) in [6.07, 6.45) is 23.0. The van der Waals surface area contributed by atoms with Gasteiger partial charge in [0, 0.05) is 6.21 Å². The van der Waals surface area contributed by atoms with E-state index in [0.717, 1.165) is 30.8 Å². The number of hydrogen-bond donors (Lipinski definition) is 0. The molecule has 5 aromatic carbocycles. The molecule has 9 nitrogen and oxygen atoms in total.